The van der Waals surface area contributed by atoms with Crippen LogP contribution in [0.25, 0.3) is 0 Å². The molecule has 0 aliphatic carbocycles. The number of aromatic hydroxyl groups is 1. The van der Waals surface area contributed by atoms with Gasteiger partial charge in [-0.15, -0.1) is 0 Å². The Hall–Kier alpha value is -0.640. The molecule has 0 aliphatic rings. The highest BCUT2D eigenvalue weighted by atomic mass is 35.5. The quantitative estimate of drug-likeness (QED) is 0.684. The summed E-state index contributed by atoms with van der Waals surface area (Å²) >= 11 is 11.4. The molecule has 0 heterocycles. The number of halogens is 2. The molecule has 0 unspecified atom stereocenters. The lowest BCUT2D eigenvalue weighted by atomic mass is 10.3. The standard InChI is InChI=1S/C8H10Cl2N2O/c9-6-3-5(12-2-1-11)4-7(10)8(6)13/h3-4,12-13H,1-2,11H2. The van der Waals surface area contributed by atoms with E-state index in [0.29, 0.717) is 13.1 Å². The fourth-order valence-electron chi connectivity index (χ4n) is 0.884. The lowest BCUT2D eigenvalue weighted by molar-refractivity contribution is 0.476. The van der Waals surface area contributed by atoms with Gasteiger partial charge in [0, 0.05) is 18.8 Å². The molecule has 0 fully saturated rings. The Morgan fingerprint density at radius 2 is 1.85 bits per heavy atom. The van der Waals surface area contributed by atoms with Crippen LogP contribution >= 0.6 is 23.2 Å². The molecule has 0 saturated carbocycles. The van der Waals surface area contributed by atoms with Gasteiger partial charge in [0.1, 0.15) is 0 Å². The highest BCUT2D eigenvalue weighted by Crippen LogP contribution is 2.34. The first kappa shape index (κ1) is 10.4. The van der Waals surface area contributed by atoms with Gasteiger partial charge < -0.3 is 16.2 Å². The number of hydrogen-bond donors (Lipinski definition) is 3. The summed E-state index contributed by atoms with van der Waals surface area (Å²) in [4.78, 5) is 0. The number of nitrogens with two attached hydrogens (primary N) is 1. The second-order valence-electron chi connectivity index (χ2n) is 2.50. The highest BCUT2D eigenvalue weighted by molar-refractivity contribution is 6.37. The molecule has 0 bridgehead atoms. The molecule has 5 heteroatoms. The van der Waals surface area contributed by atoms with Gasteiger partial charge in [-0.2, -0.15) is 0 Å². The molecule has 1 aromatic rings. The summed E-state index contributed by atoms with van der Waals surface area (Å²) in [5, 5.41) is 12.7. The zero-order chi connectivity index (χ0) is 9.84. The summed E-state index contributed by atoms with van der Waals surface area (Å²) in [6.45, 7) is 1.16. The third-order valence-electron chi connectivity index (χ3n) is 1.49. The average Bonchev–Trinajstić information content (AvgIpc) is 2.10. The third-order valence-corrected chi connectivity index (χ3v) is 2.07. The number of phenols is 1. The molecule has 3 nitrogen and oxygen atoms in total. The molecule has 0 amide bonds. The summed E-state index contributed by atoms with van der Waals surface area (Å²) in [6.07, 6.45) is 0. The first-order valence-electron chi connectivity index (χ1n) is 3.77. The van der Waals surface area contributed by atoms with E-state index >= 15 is 0 Å². The molecule has 0 atom stereocenters. The van der Waals surface area contributed by atoms with Crippen LogP contribution in [0.3, 0.4) is 0 Å². The van der Waals surface area contributed by atoms with Gasteiger partial charge in [-0.3, -0.25) is 0 Å². The zero-order valence-electron chi connectivity index (χ0n) is 6.85. The van der Waals surface area contributed by atoms with Crippen LogP contribution in [-0.2, 0) is 0 Å². The van der Waals surface area contributed by atoms with Crippen LogP contribution in [0.4, 0.5) is 5.69 Å². The van der Waals surface area contributed by atoms with E-state index in [9.17, 15) is 5.11 Å². The van der Waals surface area contributed by atoms with Crippen molar-refractivity contribution >= 4 is 28.9 Å². The van der Waals surface area contributed by atoms with Crippen molar-refractivity contribution in [3.8, 4) is 5.75 Å². The first-order chi connectivity index (χ1) is 6.15. The molecular formula is C8H10Cl2N2O. The van der Waals surface area contributed by atoms with Crippen molar-refractivity contribution in [1.82, 2.24) is 0 Å². The molecular weight excluding hydrogens is 211 g/mol. The summed E-state index contributed by atoms with van der Waals surface area (Å²) in [5.74, 6) is -0.0957. The van der Waals surface area contributed by atoms with Crippen molar-refractivity contribution in [2.45, 2.75) is 0 Å². The number of benzene rings is 1. The number of phenolic OH excluding ortho intramolecular Hbond substituents is 1. The Kier molecular flexibility index (Phi) is 3.66. The minimum absolute atomic E-state index is 0.0957. The third kappa shape index (κ3) is 2.66. The van der Waals surface area contributed by atoms with E-state index in [-0.39, 0.29) is 15.8 Å². The Balaban J connectivity index is 2.86. The Morgan fingerprint density at radius 3 is 2.31 bits per heavy atom. The maximum Gasteiger partial charge on any atom is 0.152 e. The number of rotatable bonds is 3. The van der Waals surface area contributed by atoms with Crippen molar-refractivity contribution in [2.24, 2.45) is 5.73 Å². The fraction of sp³-hybridized carbons (Fsp3) is 0.250. The topological polar surface area (TPSA) is 58.3 Å². The van der Waals surface area contributed by atoms with E-state index in [1.807, 2.05) is 0 Å². The van der Waals surface area contributed by atoms with Crippen LogP contribution in [0.5, 0.6) is 5.75 Å². The van der Waals surface area contributed by atoms with Crippen LogP contribution in [0.2, 0.25) is 10.0 Å². The molecule has 0 aromatic heterocycles. The van der Waals surface area contributed by atoms with Crippen molar-refractivity contribution in [1.29, 1.82) is 0 Å². The molecule has 72 valence electrons. The van der Waals surface area contributed by atoms with Gasteiger partial charge in [-0.25, -0.2) is 0 Å². The van der Waals surface area contributed by atoms with E-state index in [2.05, 4.69) is 5.32 Å². The van der Waals surface area contributed by atoms with Gasteiger partial charge in [0.15, 0.2) is 5.75 Å². The average molecular weight is 221 g/mol. The van der Waals surface area contributed by atoms with E-state index in [1.165, 1.54) is 0 Å². The smallest absolute Gasteiger partial charge is 0.152 e. The molecule has 0 spiro atoms. The maximum atomic E-state index is 9.24. The van der Waals surface area contributed by atoms with Crippen LogP contribution in [0.1, 0.15) is 0 Å². The predicted octanol–water partition coefficient (Wildman–Crippen LogP) is 2.07. The van der Waals surface area contributed by atoms with Crippen molar-refractivity contribution in [2.75, 3.05) is 18.4 Å². The first-order valence-corrected chi connectivity index (χ1v) is 4.52. The van der Waals surface area contributed by atoms with Gasteiger partial charge in [-0.1, -0.05) is 23.2 Å². The summed E-state index contributed by atoms with van der Waals surface area (Å²) in [6, 6.07) is 3.19. The van der Waals surface area contributed by atoms with Crippen molar-refractivity contribution in [3.05, 3.63) is 22.2 Å². The van der Waals surface area contributed by atoms with E-state index in [0.717, 1.165) is 5.69 Å². The van der Waals surface area contributed by atoms with Crippen molar-refractivity contribution < 1.29 is 5.11 Å². The molecule has 13 heavy (non-hydrogen) atoms. The van der Waals surface area contributed by atoms with E-state index < -0.39 is 0 Å². The number of hydrogen-bond acceptors (Lipinski definition) is 3. The Labute approximate surface area is 86.5 Å². The van der Waals surface area contributed by atoms with Gasteiger partial charge in [0.05, 0.1) is 10.0 Å². The van der Waals surface area contributed by atoms with Crippen LogP contribution in [0.15, 0.2) is 12.1 Å². The normalized spacial score (nSPS) is 10.1. The van der Waals surface area contributed by atoms with Crippen LogP contribution in [-0.4, -0.2) is 18.2 Å². The highest BCUT2D eigenvalue weighted by Gasteiger charge is 2.05. The van der Waals surface area contributed by atoms with Gasteiger partial charge in [-0.05, 0) is 12.1 Å². The maximum absolute atomic E-state index is 9.24. The molecule has 0 aliphatic heterocycles. The van der Waals surface area contributed by atoms with E-state index in [4.69, 9.17) is 28.9 Å². The van der Waals surface area contributed by atoms with Crippen LogP contribution in [0, 0.1) is 0 Å². The summed E-state index contributed by atoms with van der Waals surface area (Å²) in [5.41, 5.74) is 6.05. The second-order valence-corrected chi connectivity index (χ2v) is 3.32. The lowest BCUT2D eigenvalue weighted by Crippen LogP contribution is -2.12. The molecule has 0 saturated heterocycles. The van der Waals surface area contributed by atoms with Gasteiger partial charge in [0.2, 0.25) is 0 Å². The van der Waals surface area contributed by atoms with Crippen molar-refractivity contribution in [3.63, 3.8) is 0 Å². The predicted molar refractivity (Wildman–Crippen MR) is 55.7 cm³/mol. The molecule has 1 rings (SSSR count). The second kappa shape index (κ2) is 4.56. The largest absolute Gasteiger partial charge is 0.505 e. The summed E-state index contributed by atoms with van der Waals surface area (Å²) < 4.78 is 0. The lowest BCUT2D eigenvalue weighted by Gasteiger charge is -2.07. The van der Waals surface area contributed by atoms with E-state index in [1.54, 1.807) is 12.1 Å². The number of anilines is 1. The van der Waals surface area contributed by atoms with Gasteiger partial charge >= 0.3 is 0 Å². The summed E-state index contributed by atoms with van der Waals surface area (Å²) in [7, 11) is 0. The van der Waals surface area contributed by atoms with Crippen LogP contribution < -0.4 is 11.1 Å². The monoisotopic (exact) mass is 220 g/mol. The minimum atomic E-state index is -0.0957. The zero-order valence-corrected chi connectivity index (χ0v) is 8.36. The molecule has 4 N–H and O–H groups in total. The molecule has 0 radical (unpaired) electrons. The Bertz CT molecular complexity index is 281. The molecule has 1 aromatic carbocycles. The van der Waals surface area contributed by atoms with Gasteiger partial charge in [0.25, 0.3) is 0 Å². The minimum Gasteiger partial charge on any atom is -0.505 e. The Morgan fingerprint density at radius 1 is 1.31 bits per heavy atom. The fourth-order valence-corrected chi connectivity index (χ4v) is 1.37. The number of nitrogens with one attached hydrogen (secondary N) is 1. The SMILES string of the molecule is NCCNc1cc(Cl)c(O)c(Cl)c1.